The van der Waals surface area contributed by atoms with Crippen LogP contribution in [0.15, 0.2) is 17.3 Å². The Labute approximate surface area is 113 Å². The summed E-state index contributed by atoms with van der Waals surface area (Å²) in [6, 6.07) is 0. The third-order valence-corrected chi connectivity index (χ3v) is 5.00. The lowest BCUT2D eigenvalue weighted by Gasteiger charge is -2.15. The lowest BCUT2D eigenvalue weighted by Crippen LogP contribution is -2.28. The molecular weight excluding hydrogens is 272 g/mol. The van der Waals surface area contributed by atoms with E-state index in [1.807, 2.05) is 6.26 Å². The molecule has 2 N–H and O–H groups in total. The molecular formula is C10H20N4O2S2. The van der Waals surface area contributed by atoms with Gasteiger partial charge in [0, 0.05) is 26.3 Å². The number of nitrogens with zero attached hydrogens (tertiary/aromatic N) is 3. The van der Waals surface area contributed by atoms with E-state index >= 15 is 0 Å². The number of nitrogens with two attached hydrogens (primary N) is 1. The van der Waals surface area contributed by atoms with Crippen molar-refractivity contribution in [2.45, 2.75) is 17.9 Å². The van der Waals surface area contributed by atoms with E-state index in [0.717, 1.165) is 12.2 Å². The lowest BCUT2D eigenvalue weighted by molar-refractivity contribution is 0.469. The van der Waals surface area contributed by atoms with Crippen LogP contribution >= 0.6 is 11.8 Å². The normalized spacial score (nSPS) is 12.2. The summed E-state index contributed by atoms with van der Waals surface area (Å²) in [5.74, 6) is 0.951. The van der Waals surface area contributed by atoms with Gasteiger partial charge in [-0.05, 0) is 18.4 Å². The van der Waals surface area contributed by atoms with Crippen LogP contribution in [0.5, 0.6) is 0 Å². The maximum Gasteiger partial charge on any atom is 0.245 e. The molecule has 0 spiro atoms. The molecule has 0 unspecified atom stereocenters. The maximum atomic E-state index is 12.2. The second-order valence-corrected chi connectivity index (χ2v) is 6.93. The fourth-order valence-electron chi connectivity index (χ4n) is 1.46. The standard InChI is InChI=1S/C10H20N4O2S2/c1-13(5-3-7-17-2)18(15,16)10-8-12-14(9-10)6-4-11/h8-9H,3-7,11H2,1-2H3. The number of rotatable bonds is 8. The predicted octanol–water partition coefficient (Wildman–Crippen LogP) is 0.215. The van der Waals surface area contributed by atoms with Gasteiger partial charge in [0.2, 0.25) is 10.0 Å². The van der Waals surface area contributed by atoms with Crippen LogP contribution in [0.2, 0.25) is 0 Å². The van der Waals surface area contributed by atoms with Crippen molar-refractivity contribution in [3.63, 3.8) is 0 Å². The smallest absolute Gasteiger partial charge is 0.245 e. The van der Waals surface area contributed by atoms with Gasteiger partial charge in [-0.1, -0.05) is 0 Å². The molecule has 0 bridgehead atoms. The summed E-state index contributed by atoms with van der Waals surface area (Å²) in [6.07, 6.45) is 5.74. The van der Waals surface area contributed by atoms with E-state index in [1.165, 1.54) is 16.7 Å². The molecule has 0 radical (unpaired) electrons. The minimum absolute atomic E-state index is 0.225. The average molecular weight is 292 g/mol. The first kappa shape index (κ1) is 15.5. The third-order valence-electron chi connectivity index (χ3n) is 2.50. The fourth-order valence-corrected chi connectivity index (χ4v) is 3.05. The molecule has 1 rings (SSSR count). The van der Waals surface area contributed by atoms with Crippen LogP contribution in [0.1, 0.15) is 6.42 Å². The van der Waals surface area contributed by atoms with Crippen LogP contribution in [0.4, 0.5) is 0 Å². The molecule has 0 saturated carbocycles. The second kappa shape index (κ2) is 7.13. The van der Waals surface area contributed by atoms with E-state index in [2.05, 4.69) is 5.10 Å². The molecule has 0 atom stereocenters. The van der Waals surface area contributed by atoms with Crippen LogP contribution in [0, 0.1) is 0 Å². The van der Waals surface area contributed by atoms with E-state index in [-0.39, 0.29) is 4.90 Å². The molecule has 1 aromatic heterocycles. The SMILES string of the molecule is CSCCCN(C)S(=O)(=O)c1cnn(CCN)c1. The Bertz CT molecular complexity index is 458. The van der Waals surface area contributed by atoms with Crippen LogP contribution in [0.25, 0.3) is 0 Å². The van der Waals surface area contributed by atoms with Crippen molar-refractivity contribution < 1.29 is 8.42 Å². The molecule has 0 amide bonds. The summed E-state index contributed by atoms with van der Waals surface area (Å²) >= 11 is 1.71. The number of hydrogen-bond acceptors (Lipinski definition) is 5. The van der Waals surface area contributed by atoms with Gasteiger partial charge >= 0.3 is 0 Å². The predicted molar refractivity (Wildman–Crippen MR) is 74.1 cm³/mol. The number of hydrogen-bond donors (Lipinski definition) is 1. The molecule has 0 fully saturated rings. The Kier molecular flexibility index (Phi) is 6.13. The fraction of sp³-hybridized carbons (Fsp3) is 0.700. The summed E-state index contributed by atoms with van der Waals surface area (Å²) in [7, 11) is -1.82. The first-order chi connectivity index (χ1) is 8.52. The van der Waals surface area contributed by atoms with Gasteiger partial charge in [0.25, 0.3) is 0 Å². The molecule has 8 heteroatoms. The van der Waals surface area contributed by atoms with Crippen molar-refractivity contribution in [2.75, 3.05) is 32.1 Å². The molecule has 1 heterocycles. The zero-order chi connectivity index (χ0) is 13.6. The zero-order valence-electron chi connectivity index (χ0n) is 10.7. The molecule has 0 aliphatic carbocycles. The van der Waals surface area contributed by atoms with Gasteiger partial charge < -0.3 is 5.73 Å². The topological polar surface area (TPSA) is 81.2 Å². The Morgan fingerprint density at radius 3 is 2.89 bits per heavy atom. The summed E-state index contributed by atoms with van der Waals surface area (Å²) in [6.45, 7) is 1.47. The van der Waals surface area contributed by atoms with Gasteiger partial charge in [0.1, 0.15) is 4.90 Å². The maximum absolute atomic E-state index is 12.2. The van der Waals surface area contributed by atoms with Gasteiger partial charge in [-0.3, -0.25) is 4.68 Å². The van der Waals surface area contributed by atoms with Crippen molar-refractivity contribution in [3.05, 3.63) is 12.4 Å². The molecule has 0 aliphatic rings. The highest BCUT2D eigenvalue weighted by atomic mass is 32.2. The molecule has 1 aromatic rings. The first-order valence-corrected chi connectivity index (χ1v) is 8.53. The summed E-state index contributed by atoms with van der Waals surface area (Å²) in [4.78, 5) is 0.225. The van der Waals surface area contributed by atoms with Crippen molar-refractivity contribution in [1.29, 1.82) is 0 Å². The van der Waals surface area contributed by atoms with Crippen LogP contribution in [-0.2, 0) is 16.6 Å². The van der Waals surface area contributed by atoms with Gasteiger partial charge in [-0.2, -0.15) is 16.9 Å². The molecule has 104 valence electrons. The average Bonchev–Trinajstić information content (AvgIpc) is 2.79. The third kappa shape index (κ3) is 3.98. The van der Waals surface area contributed by atoms with Gasteiger partial charge in [-0.15, -0.1) is 0 Å². The van der Waals surface area contributed by atoms with Crippen LogP contribution in [0.3, 0.4) is 0 Å². The molecule has 6 nitrogen and oxygen atoms in total. The minimum Gasteiger partial charge on any atom is -0.329 e. The summed E-state index contributed by atoms with van der Waals surface area (Å²) in [5, 5.41) is 3.98. The van der Waals surface area contributed by atoms with Crippen molar-refractivity contribution in [3.8, 4) is 0 Å². The largest absolute Gasteiger partial charge is 0.329 e. The van der Waals surface area contributed by atoms with E-state index in [4.69, 9.17) is 5.73 Å². The Morgan fingerprint density at radius 2 is 2.28 bits per heavy atom. The quantitative estimate of drug-likeness (QED) is 0.693. The van der Waals surface area contributed by atoms with E-state index < -0.39 is 10.0 Å². The zero-order valence-corrected chi connectivity index (χ0v) is 12.4. The number of thioether (sulfide) groups is 1. The van der Waals surface area contributed by atoms with Crippen molar-refractivity contribution in [2.24, 2.45) is 5.73 Å². The van der Waals surface area contributed by atoms with E-state index in [1.54, 1.807) is 23.5 Å². The number of aromatic nitrogens is 2. The molecule has 0 aliphatic heterocycles. The van der Waals surface area contributed by atoms with E-state index in [0.29, 0.717) is 19.6 Å². The van der Waals surface area contributed by atoms with Gasteiger partial charge in [-0.25, -0.2) is 12.7 Å². The Hall–Kier alpha value is -0.570. The Balaban J connectivity index is 2.71. The van der Waals surface area contributed by atoms with Gasteiger partial charge in [0.05, 0.1) is 12.7 Å². The lowest BCUT2D eigenvalue weighted by atomic mass is 10.5. The highest BCUT2D eigenvalue weighted by Gasteiger charge is 2.21. The summed E-state index contributed by atoms with van der Waals surface area (Å²) in [5.41, 5.74) is 5.40. The first-order valence-electron chi connectivity index (χ1n) is 5.70. The highest BCUT2D eigenvalue weighted by Crippen LogP contribution is 2.13. The van der Waals surface area contributed by atoms with Crippen LogP contribution < -0.4 is 5.73 Å². The highest BCUT2D eigenvalue weighted by molar-refractivity contribution is 7.98. The summed E-state index contributed by atoms with van der Waals surface area (Å²) < 4.78 is 27.3. The monoisotopic (exact) mass is 292 g/mol. The minimum atomic E-state index is -3.42. The van der Waals surface area contributed by atoms with Crippen molar-refractivity contribution in [1.82, 2.24) is 14.1 Å². The molecule has 0 aromatic carbocycles. The van der Waals surface area contributed by atoms with Crippen LogP contribution in [-0.4, -0.2) is 54.6 Å². The number of sulfonamides is 1. The Morgan fingerprint density at radius 1 is 1.56 bits per heavy atom. The molecule has 18 heavy (non-hydrogen) atoms. The second-order valence-electron chi connectivity index (χ2n) is 3.90. The van der Waals surface area contributed by atoms with Crippen molar-refractivity contribution >= 4 is 21.8 Å². The van der Waals surface area contributed by atoms with Gasteiger partial charge in [0.15, 0.2) is 0 Å². The van der Waals surface area contributed by atoms with E-state index in [9.17, 15) is 8.42 Å². The molecule has 0 saturated heterocycles.